The minimum absolute atomic E-state index is 0.151. The van der Waals surface area contributed by atoms with Gasteiger partial charge < -0.3 is 10.0 Å². The van der Waals surface area contributed by atoms with Crippen molar-refractivity contribution in [2.75, 3.05) is 45.6 Å². The molecule has 1 aromatic heterocycles. The first-order valence-corrected chi connectivity index (χ1v) is 8.10. The molecule has 0 bridgehead atoms. The molecule has 2 heterocycles. The normalized spacial score (nSPS) is 17.1. The number of hydrogen-bond acceptors (Lipinski definition) is 5. The summed E-state index contributed by atoms with van der Waals surface area (Å²) >= 11 is 3.14. The molecule has 0 unspecified atom stereocenters. The van der Waals surface area contributed by atoms with Crippen LogP contribution in [-0.4, -0.2) is 66.4 Å². The Balaban J connectivity index is 1.95. The lowest BCUT2D eigenvalue weighted by atomic mass is 10.3. The molecule has 0 atom stereocenters. The summed E-state index contributed by atoms with van der Waals surface area (Å²) in [5.74, 6) is 0.151. The van der Waals surface area contributed by atoms with Crippen molar-refractivity contribution in [1.29, 1.82) is 0 Å². The predicted molar refractivity (Wildman–Crippen MR) is 75.5 cm³/mol. The van der Waals surface area contributed by atoms with Crippen LogP contribution < -0.4 is 0 Å². The van der Waals surface area contributed by atoms with Gasteiger partial charge in [-0.1, -0.05) is 0 Å². The monoisotopic (exact) mass is 286 g/mol. The van der Waals surface area contributed by atoms with Crippen LogP contribution in [0.15, 0.2) is 16.3 Å². The number of aliphatic hydroxyl groups excluding tert-OH is 1. The number of thiophene rings is 1. The predicted octanol–water partition coefficient (Wildman–Crippen LogP) is 1.22. The third-order valence-corrected chi connectivity index (χ3v) is 4.93. The first-order chi connectivity index (χ1) is 8.76. The van der Waals surface area contributed by atoms with Crippen molar-refractivity contribution in [2.24, 2.45) is 0 Å². The lowest BCUT2D eigenvalue weighted by Gasteiger charge is -2.34. The highest BCUT2D eigenvalue weighted by Crippen LogP contribution is 2.27. The average Bonchev–Trinajstić information content (AvgIpc) is 2.87. The summed E-state index contributed by atoms with van der Waals surface area (Å²) < 4.78 is 0. The molecule has 0 radical (unpaired) electrons. The Kier molecular flexibility index (Phi) is 5.05. The molecule has 0 saturated carbocycles. The Morgan fingerprint density at radius 2 is 2.17 bits per heavy atom. The number of nitrogens with zero attached hydrogens (tertiary/aromatic N) is 2. The number of thioether (sulfide) groups is 1. The first kappa shape index (κ1) is 13.9. The molecule has 4 nitrogen and oxygen atoms in total. The summed E-state index contributed by atoms with van der Waals surface area (Å²) in [6, 6.07) is 2.00. The Hall–Kier alpha value is -0.560. The van der Waals surface area contributed by atoms with Crippen LogP contribution in [0.3, 0.4) is 0 Å². The van der Waals surface area contributed by atoms with Crippen LogP contribution in [0.5, 0.6) is 0 Å². The smallest absolute Gasteiger partial charge is 0.265 e. The lowest BCUT2D eigenvalue weighted by molar-refractivity contribution is 0.0616. The van der Waals surface area contributed by atoms with Crippen LogP contribution in [-0.2, 0) is 0 Å². The van der Waals surface area contributed by atoms with E-state index in [9.17, 15) is 4.79 Å². The van der Waals surface area contributed by atoms with Gasteiger partial charge in [0, 0.05) is 37.6 Å². The fourth-order valence-electron chi connectivity index (χ4n) is 2.07. The average molecular weight is 286 g/mol. The minimum Gasteiger partial charge on any atom is -0.395 e. The van der Waals surface area contributed by atoms with Crippen molar-refractivity contribution in [3.8, 4) is 0 Å². The van der Waals surface area contributed by atoms with E-state index in [1.54, 1.807) is 11.8 Å². The topological polar surface area (TPSA) is 43.8 Å². The standard InChI is InChI=1S/C12H18N2O2S2/c1-17-10-2-9-18-11(10)12(16)14-5-3-13(4-6-14)7-8-15/h2,9,15H,3-8H2,1H3. The molecule has 1 fully saturated rings. The number of rotatable bonds is 4. The van der Waals surface area contributed by atoms with Crippen molar-refractivity contribution >= 4 is 29.0 Å². The number of hydrogen-bond donors (Lipinski definition) is 1. The third-order valence-electron chi connectivity index (χ3n) is 3.12. The van der Waals surface area contributed by atoms with Crippen LogP contribution in [0.4, 0.5) is 0 Å². The first-order valence-electron chi connectivity index (χ1n) is 6.00. The van der Waals surface area contributed by atoms with E-state index in [4.69, 9.17) is 5.11 Å². The summed E-state index contributed by atoms with van der Waals surface area (Å²) in [6.45, 7) is 4.11. The van der Waals surface area contributed by atoms with Gasteiger partial charge in [0.1, 0.15) is 4.88 Å². The SMILES string of the molecule is CSc1ccsc1C(=O)N1CCN(CCO)CC1. The largest absolute Gasteiger partial charge is 0.395 e. The molecular weight excluding hydrogens is 268 g/mol. The van der Waals surface area contributed by atoms with E-state index in [1.165, 1.54) is 11.3 Å². The highest BCUT2D eigenvalue weighted by atomic mass is 32.2. The quantitative estimate of drug-likeness (QED) is 0.845. The van der Waals surface area contributed by atoms with Gasteiger partial charge in [-0.25, -0.2) is 0 Å². The second-order valence-corrected chi connectivity index (χ2v) is 5.94. The van der Waals surface area contributed by atoms with Crippen LogP contribution in [0.2, 0.25) is 0 Å². The summed E-state index contributed by atoms with van der Waals surface area (Å²) in [5.41, 5.74) is 0. The molecule has 0 spiro atoms. The number of carbonyl (C=O) groups is 1. The summed E-state index contributed by atoms with van der Waals surface area (Å²) in [7, 11) is 0. The molecule has 2 rings (SSSR count). The Labute approximate surface area is 116 Å². The molecule has 0 aromatic carbocycles. The number of β-amino-alcohol motifs (C(OH)–C–C–N with tert-alkyl or cyclic N) is 1. The number of amides is 1. The number of aliphatic hydroxyl groups is 1. The molecule has 1 aliphatic rings. The van der Waals surface area contributed by atoms with Gasteiger partial charge >= 0.3 is 0 Å². The van der Waals surface area contributed by atoms with Crippen molar-refractivity contribution in [3.05, 3.63) is 16.3 Å². The second kappa shape index (κ2) is 6.56. The van der Waals surface area contributed by atoms with Gasteiger partial charge in [-0.2, -0.15) is 0 Å². The van der Waals surface area contributed by atoms with Crippen LogP contribution in [0.25, 0.3) is 0 Å². The van der Waals surface area contributed by atoms with Gasteiger partial charge in [-0.15, -0.1) is 23.1 Å². The van der Waals surface area contributed by atoms with Gasteiger partial charge in [0.15, 0.2) is 0 Å². The van der Waals surface area contributed by atoms with Gasteiger partial charge in [-0.3, -0.25) is 9.69 Å². The third kappa shape index (κ3) is 3.06. The Morgan fingerprint density at radius 3 is 2.78 bits per heavy atom. The van der Waals surface area contributed by atoms with Gasteiger partial charge in [0.2, 0.25) is 0 Å². The maximum absolute atomic E-state index is 12.4. The molecule has 6 heteroatoms. The molecule has 1 saturated heterocycles. The van der Waals surface area contributed by atoms with Gasteiger partial charge in [0.25, 0.3) is 5.91 Å². The Bertz CT molecular complexity index is 401. The van der Waals surface area contributed by atoms with Crippen LogP contribution >= 0.6 is 23.1 Å². The molecule has 18 heavy (non-hydrogen) atoms. The molecule has 1 aliphatic heterocycles. The fraction of sp³-hybridized carbons (Fsp3) is 0.583. The fourth-order valence-corrected chi connectivity index (χ4v) is 3.79. The maximum Gasteiger partial charge on any atom is 0.265 e. The van der Waals surface area contributed by atoms with E-state index in [1.807, 2.05) is 22.6 Å². The minimum atomic E-state index is 0.151. The summed E-state index contributed by atoms with van der Waals surface area (Å²) in [5, 5.41) is 10.9. The highest BCUT2D eigenvalue weighted by Gasteiger charge is 2.24. The van der Waals surface area contributed by atoms with Crippen molar-refractivity contribution in [2.45, 2.75) is 4.90 Å². The Morgan fingerprint density at radius 1 is 1.44 bits per heavy atom. The molecule has 1 aromatic rings. The van der Waals surface area contributed by atoms with E-state index in [0.717, 1.165) is 36.0 Å². The van der Waals surface area contributed by atoms with E-state index in [2.05, 4.69) is 4.90 Å². The van der Waals surface area contributed by atoms with E-state index in [0.29, 0.717) is 6.54 Å². The van der Waals surface area contributed by atoms with E-state index in [-0.39, 0.29) is 12.5 Å². The molecule has 1 N–H and O–H groups in total. The zero-order valence-electron chi connectivity index (χ0n) is 10.5. The lowest BCUT2D eigenvalue weighted by Crippen LogP contribution is -2.49. The molecule has 1 amide bonds. The van der Waals surface area contributed by atoms with Crippen molar-refractivity contribution in [1.82, 2.24) is 9.80 Å². The van der Waals surface area contributed by atoms with Crippen molar-refractivity contribution < 1.29 is 9.90 Å². The number of piperazine rings is 1. The molecule has 0 aliphatic carbocycles. The maximum atomic E-state index is 12.4. The molecular formula is C12H18N2O2S2. The van der Waals surface area contributed by atoms with E-state index < -0.39 is 0 Å². The van der Waals surface area contributed by atoms with Crippen LogP contribution in [0.1, 0.15) is 9.67 Å². The summed E-state index contributed by atoms with van der Waals surface area (Å²) in [4.78, 5) is 18.4. The zero-order chi connectivity index (χ0) is 13.0. The number of carbonyl (C=O) groups excluding carboxylic acids is 1. The van der Waals surface area contributed by atoms with E-state index >= 15 is 0 Å². The van der Waals surface area contributed by atoms with Gasteiger partial charge in [-0.05, 0) is 17.7 Å². The highest BCUT2D eigenvalue weighted by molar-refractivity contribution is 7.98. The second-order valence-electron chi connectivity index (χ2n) is 4.18. The van der Waals surface area contributed by atoms with Gasteiger partial charge in [0.05, 0.1) is 6.61 Å². The van der Waals surface area contributed by atoms with Crippen molar-refractivity contribution in [3.63, 3.8) is 0 Å². The zero-order valence-corrected chi connectivity index (χ0v) is 12.1. The summed E-state index contributed by atoms with van der Waals surface area (Å²) in [6.07, 6.45) is 2.00. The molecule has 100 valence electrons. The van der Waals surface area contributed by atoms with Crippen LogP contribution in [0, 0.1) is 0 Å².